The van der Waals surface area contributed by atoms with Crippen molar-refractivity contribution in [1.82, 2.24) is 14.8 Å². The van der Waals surface area contributed by atoms with E-state index in [1.165, 1.54) is 0 Å². The van der Waals surface area contributed by atoms with Crippen molar-refractivity contribution in [3.8, 4) is 0 Å². The summed E-state index contributed by atoms with van der Waals surface area (Å²) in [5, 5.41) is 4.45. The molecule has 0 saturated carbocycles. The first-order valence-corrected chi connectivity index (χ1v) is 8.25. The van der Waals surface area contributed by atoms with E-state index in [-0.39, 0.29) is 17.7 Å². The highest BCUT2D eigenvalue weighted by atomic mass is 32.2. The van der Waals surface area contributed by atoms with Gasteiger partial charge in [0.15, 0.2) is 15.7 Å². The summed E-state index contributed by atoms with van der Waals surface area (Å²) in [6.45, 7) is 0.696. The third kappa shape index (κ3) is 2.29. The fourth-order valence-electron chi connectivity index (χ4n) is 2.75. The molecule has 3 rings (SSSR count). The highest BCUT2D eigenvalue weighted by molar-refractivity contribution is 7.91. The number of hydrogen-bond donors (Lipinski definition) is 1. The van der Waals surface area contributed by atoms with Gasteiger partial charge in [0.25, 0.3) is 0 Å². The Morgan fingerprint density at radius 2 is 2.17 bits per heavy atom. The summed E-state index contributed by atoms with van der Waals surface area (Å²) in [5.74, 6) is 2.12. The van der Waals surface area contributed by atoms with Gasteiger partial charge in [0.1, 0.15) is 5.82 Å². The van der Waals surface area contributed by atoms with Gasteiger partial charge in [-0.05, 0) is 19.3 Å². The summed E-state index contributed by atoms with van der Waals surface area (Å²) in [7, 11) is -2.91. The molecule has 6 nitrogen and oxygen atoms in total. The quantitative estimate of drug-likeness (QED) is 0.766. The van der Waals surface area contributed by atoms with E-state index in [0.717, 1.165) is 31.5 Å². The number of nitrogens with zero attached hydrogens (tertiary/aromatic N) is 3. The summed E-state index contributed by atoms with van der Waals surface area (Å²) in [6.07, 6.45) is 3.36. The second kappa shape index (κ2) is 4.31. The molecule has 2 atom stereocenters. The zero-order chi connectivity index (χ0) is 12.8. The lowest BCUT2D eigenvalue weighted by Crippen LogP contribution is -2.32. The predicted molar refractivity (Wildman–Crippen MR) is 66.9 cm³/mol. The van der Waals surface area contributed by atoms with Crippen LogP contribution in [-0.4, -0.2) is 40.7 Å². The highest BCUT2D eigenvalue weighted by Gasteiger charge is 2.30. The third-order valence-electron chi connectivity index (χ3n) is 3.74. The molecule has 7 heteroatoms. The average Bonchev–Trinajstić information content (AvgIpc) is 2.70. The zero-order valence-corrected chi connectivity index (χ0v) is 11.1. The Kier molecular flexibility index (Phi) is 2.90. The Balaban J connectivity index is 1.85. The molecule has 2 aliphatic rings. The Labute approximate surface area is 106 Å². The first-order chi connectivity index (χ1) is 8.53. The van der Waals surface area contributed by atoms with Gasteiger partial charge in [-0.15, -0.1) is 0 Å². The number of aromatic nitrogens is 3. The molecule has 0 spiro atoms. The number of aryl methyl sites for hydroxylation is 1. The summed E-state index contributed by atoms with van der Waals surface area (Å²) in [5.41, 5.74) is 5.90. The van der Waals surface area contributed by atoms with Crippen molar-refractivity contribution in [2.45, 2.75) is 44.2 Å². The Morgan fingerprint density at radius 3 is 2.94 bits per heavy atom. The number of hydrogen-bond acceptors (Lipinski definition) is 5. The lowest BCUT2D eigenvalue weighted by Gasteiger charge is -2.19. The number of nitrogens with two attached hydrogens (primary N) is 1. The average molecular weight is 270 g/mol. The van der Waals surface area contributed by atoms with Crippen LogP contribution < -0.4 is 5.73 Å². The van der Waals surface area contributed by atoms with E-state index in [4.69, 9.17) is 5.73 Å². The van der Waals surface area contributed by atoms with Crippen LogP contribution in [-0.2, 0) is 22.8 Å². The van der Waals surface area contributed by atoms with Crippen molar-refractivity contribution >= 4 is 9.84 Å². The van der Waals surface area contributed by atoms with Crippen LogP contribution in [0.15, 0.2) is 0 Å². The molecule has 1 aromatic rings. The van der Waals surface area contributed by atoms with Crippen molar-refractivity contribution in [2.24, 2.45) is 5.73 Å². The molecule has 0 radical (unpaired) electrons. The summed E-state index contributed by atoms with van der Waals surface area (Å²) < 4.78 is 25.1. The maximum atomic E-state index is 11.6. The monoisotopic (exact) mass is 270 g/mol. The van der Waals surface area contributed by atoms with Crippen LogP contribution in [0.25, 0.3) is 0 Å². The highest BCUT2D eigenvalue weighted by Crippen LogP contribution is 2.27. The predicted octanol–water partition coefficient (Wildman–Crippen LogP) is -0.156. The van der Waals surface area contributed by atoms with Gasteiger partial charge in [0.05, 0.1) is 18.1 Å². The van der Waals surface area contributed by atoms with E-state index in [0.29, 0.717) is 18.1 Å². The molecule has 2 aliphatic heterocycles. The standard InChI is InChI=1S/C11H18N4O2S/c12-9-3-4-10-13-11(14-15(10)6-9)8-2-1-5-18(16,17)7-8/h8-9H,1-7,12H2. The number of rotatable bonds is 1. The molecule has 1 fully saturated rings. The normalized spacial score (nSPS) is 30.9. The van der Waals surface area contributed by atoms with Gasteiger partial charge in [0, 0.05) is 18.4 Å². The SMILES string of the molecule is NC1CCc2nc(C3CCCS(=O)(=O)C3)nn2C1. The van der Waals surface area contributed by atoms with Crippen LogP contribution in [0.1, 0.15) is 36.8 Å². The van der Waals surface area contributed by atoms with Crippen molar-refractivity contribution < 1.29 is 8.42 Å². The molecule has 0 bridgehead atoms. The molecular weight excluding hydrogens is 252 g/mol. The largest absolute Gasteiger partial charge is 0.326 e. The van der Waals surface area contributed by atoms with E-state index in [1.807, 2.05) is 4.68 Å². The molecule has 2 unspecified atom stereocenters. The molecule has 3 heterocycles. The second-order valence-electron chi connectivity index (χ2n) is 5.32. The fourth-order valence-corrected chi connectivity index (χ4v) is 4.45. The summed E-state index contributed by atoms with van der Waals surface area (Å²) in [6, 6.07) is 0.141. The fraction of sp³-hybridized carbons (Fsp3) is 0.818. The molecule has 2 N–H and O–H groups in total. The van der Waals surface area contributed by atoms with E-state index in [1.54, 1.807) is 0 Å². The molecular formula is C11H18N4O2S. The molecule has 0 aromatic carbocycles. The minimum atomic E-state index is -2.91. The van der Waals surface area contributed by atoms with Crippen molar-refractivity contribution in [3.63, 3.8) is 0 Å². The van der Waals surface area contributed by atoms with Crippen LogP contribution in [0.2, 0.25) is 0 Å². The molecule has 0 aliphatic carbocycles. The number of sulfone groups is 1. The number of fused-ring (bicyclic) bond motifs is 1. The van der Waals surface area contributed by atoms with E-state index in [9.17, 15) is 8.42 Å². The second-order valence-corrected chi connectivity index (χ2v) is 7.55. The van der Waals surface area contributed by atoms with Gasteiger partial charge in [-0.3, -0.25) is 0 Å². The van der Waals surface area contributed by atoms with Crippen molar-refractivity contribution in [3.05, 3.63) is 11.6 Å². The third-order valence-corrected chi connectivity index (χ3v) is 5.56. The Morgan fingerprint density at radius 1 is 1.33 bits per heavy atom. The van der Waals surface area contributed by atoms with E-state index in [2.05, 4.69) is 10.1 Å². The Hall–Kier alpha value is -0.950. The molecule has 100 valence electrons. The molecule has 1 aromatic heterocycles. The minimum absolute atomic E-state index is 0.0296. The van der Waals surface area contributed by atoms with Crippen LogP contribution in [0.3, 0.4) is 0 Å². The van der Waals surface area contributed by atoms with Crippen LogP contribution >= 0.6 is 0 Å². The van der Waals surface area contributed by atoms with E-state index >= 15 is 0 Å². The van der Waals surface area contributed by atoms with Crippen LogP contribution in [0, 0.1) is 0 Å². The maximum Gasteiger partial charge on any atom is 0.155 e. The van der Waals surface area contributed by atoms with Crippen LogP contribution in [0.5, 0.6) is 0 Å². The lowest BCUT2D eigenvalue weighted by atomic mass is 10.1. The van der Waals surface area contributed by atoms with Crippen molar-refractivity contribution in [1.29, 1.82) is 0 Å². The van der Waals surface area contributed by atoms with E-state index < -0.39 is 9.84 Å². The Bertz CT molecular complexity index is 551. The molecule has 1 saturated heterocycles. The van der Waals surface area contributed by atoms with Gasteiger partial charge in [0.2, 0.25) is 0 Å². The molecule has 18 heavy (non-hydrogen) atoms. The van der Waals surface area contributed by atoms with Gasteiger partial charge in [-0.25, -0.2) is 18.1 Å². The molecule has 0 amide bonds. The zero-order valence-electron chi connectivity index (χ0n) is 10.2. The van der Waals surface area contributed by atoms with Gasteiger partial charge < -0.3 is 5.73 Å². The van der Waals surface area contributed by atoms with Gasteiger partial charge >= 0.3 is 0 Å². The van der Waals surface area contributed by atoms with Crippen molar-refractivity contribution in [2.75, 3.05) is 11.5 Å². The smallest absolute Gasteiger partial charge is 0.155 e. The van der Waals surface area contributed by atoms with Crippen LogP contribution in [0.4, 0.5) is 0 Å². The summed E-state index contributed by atoms with van der Waals surface area (Å²) in [4.78, 5) is 4.51. The first kappa shape index (κ1) is 12.1. The minimum Gasteiger partial charge on any atom is -0.326 e. The summed E-state index contributed by atoms with van der Waals surface area (Å²) >= 11 is 0. The lowest BCUT2D eigenvalue weighted by molar-refractivity contribution is 0.419. The van der Waals surface area contributed by atoms with Gasteiger partial charge in [-0.1, -0.05) is 0 Å². The van der Waals surface area contributed by atoms with Gasteiger partial charge in [-0.2, -0.15) is 5.10 Å². The topological polar surface area (TPSA) is 90.9 Å². The first-order valence-electron chi connectivity index (χ1n) is 6.43. The maximum absolute atomic E-state index is 11.6.